The van der Waals surface area contributed by atoms with E-state index >= 15 is 0 Å². The highest BCUT2D eigenvalue weighted by Crippen LogP contribution is 2.18. The Labute approximate surface area is 105 Å². The highest BCUT2D eigenvalue weighted by Gasteiger charge is 2.03. The summed E-state index contributed by atoms with van der Waals surface area (Å²) in [6.07, 6.45) is 3.31. The fourth-order valence-electron chi connectivity index (χ4n) is 1.73. The third kappa shape index (κ3) is 5.22. The summed E-state index contributed by atoms with van der Waals surface area (Å²) >= 11 is 0. The van der Waals surface area contributed by atoms with Crippen molar-refractivity contribution in [2.45, 2.75) is 46.1 Å². The van der Waals surface area contributed by atoms with Crippen molar-refractivity contribution < 1.29 is 4.74 Å². The second-order valence-corrected chi connectivity index (χ2v) is 4.97. The molecule has 0 fully saturated rings. The molecule has 0 spiro atoms. The van der Waals surface area contributed by atoms with Crippen LogP contribution < -0.4 is 10.5 Å². The first-order valence-electron chi connectivity index (χ1n) is 6.61. The minimum absolute atomic E-state index is 0.144. The molecule has 0 amide bonds. The zero-order chi connectivity index (χ0) is 12.7. The summed E-state index contributed by atoms with van der Waals surface area (Å²) in [5.41, 5.74) is 7.14. The molecule has 2 nitrogen and oxygen atoms in total. The Hall–Kier alpha value is -1.02. The molecule has 1 rings (SSSR count). The van der Waals surface area contributed by atoms with Crippen molar-refractivity contribution in [2.75, 3.05) is 6.61 Å². The lowest BCUT2D eigenvalue weighted by molar-refractivity contribution is 0.297. The lowest BCUT2D eigenvalue weighted by Crippen LogP contribution is -2.08. The third-order valence-electron chi connectivity index (χ3n) is 2.94. The van der Waals surface area contributed by atoms with Crippen molar-refractivity contribution in [3.63, 3.8) is 0 Å². The van der Waals surface area contributed by atoms with E-state index in [1.807, 2.05) is 12.1 Å². The molecule has 0 aliphatic rings. The van der Waals surface area contributed by atoms with E-state index < -0.39 is 0 Å². The van der Waals surface area contributed by atoms with Gasteiger partial charge in [-0.25, -0.2) is 0 Å². The Balaban J connectivity index is 2.35. The van der Waals surface area contributed by atoms with Crippen LogP contribution in [0.1, 0.15) is 51.6 Å². The van der Waals surface area contributed by atoms with Gasteiger partial charge in [0.1, 0.15) is 5.75 Å². The van der Waals surface area contributed by atoms with E-state index in [-0.39, 0.29) is 6.04 Å². The first-order valence-corrected chi connectivity index (χ1v) is 6.61. The topological polar surface area (TPSA) is 35.2 Å². The van der Waals surface area contributed by atoms with Crippen molar-refractivity contribution in [2.24, 2.45) is 11.7 Å². The standard InChI is InChI=1S/C15H25NO/c1-4-15(16)13-7-9-14(10-8-13)17-11-5-6-12(2)3/h7-10,12,15H,4-6,11,16H2,1-3H3/t15-/m0/s1. The van der Waals surface area contributed by atoms with Crippen LogP contribution in [0.4, 0.5) is 0 Å². The maximum atomic E-state index is 5.96. The van der Waals surface area contributed by atoms with E-state index in [0.29, 0.717) is 0 Å². The normalized spacial score (nSPS) is 12.8. The quantitative estimate of drug-likeness (QED) is 0.727. The first kappa shape index (κ1) is 14.0. The van der Waals surface area contributed by atoms with Gasteiger partial charge in [0, 0.05) is 6.04 Å². The molecular weight excluding hydrogens is 210 g/mol. The number of rotatable bonds is 7. The molecule has 1 atom stereocenters. The van der Waals surface area contributed by atoms with E-state index in [4.69, 9.17) is 10.5 Å². The average Bonchev–Trinajstić information content (AvgIpc) is 2.34. The van der Waals surface area contributed by atoms with Crippen LogP contribution in [0.25, 0.3) is 0 Å². The molecule has 0 aliphatic heterocycles. The van der Waals surface area contributed by atoms with Crippen molar-refractivity contribution in [3.8, 4) is 5.75 Å². The van der Waals surface area contributed by atoms with Gasteiger partial charge in [-0.05, 0) is 42.9 Å². The Morgan fingerprint density at radius 2 is 1.82 bits per heavy atom. The van der Waals surface area contributed by atoms with Crippen molar-refractivity contribution in [1.29, 1.82) is 0 Å². The van der Waals surface area contributed by atoms with E-state index in [1.165, 1.54) is 12.0 Å². The SMILES string of the molecule is CC[C@H](N)c1ccc(OCCCC(C)C)cc1. The summed E-state index contributed by atoms with van der Waals surface area (Å²) in [6, 6.07) is 8.29. The summed E-state index contributed by atoms with van der Waals surface area (Å²) < 4.78 is 5.68. The lowest BCUT2D eigenvalue weighted by atomic mass is 10.1. The van der Waals surface area contributed by atoms with Gasteiger partial charge in [-0.1, -0.05) is 32.9 Å². The van der Waals surface area contributed by atoms with Crippen molar-refractivity contribution in [3.05, 3.63) is 29.8 Å². The van der Waals surface area contributed by atoms with E-state index in [9.17, 15) is 0 Å². The van der Waals surface area contributed by atoms with Crippen LogP contribution in [0.15, 0.2) is 24.3 Å². The molecule has 0 bridgehead atoms. The molecule has 1 aromatic rings. The Morgan fingerprint density at radius 3 is 2.35 bits per heavy atom. The number of hydrogen-bond donors (Lipinski definition) is 1. The van der Waals surface area contributed by atoms with Gasteiger partial charge in [0.05, 0.1) is 6.61 Å². The Morgan fingerprint density at radius 1 is 1.18 bits per heavy atom. The monoisotopic (exact) mass is 235 g/mol. The maximum absolute atomic E-state index is 5.96. The molecule has 2 N–H and O–H groups in total. The maximum Gasteiger partial charge on any atom is 0.119 e. The van der Waals surface area contributed by atoms with Crippen LogP contribution in [0.3, 0.4) is 0 Å². The molecule has 17 heavy (non-hydrogen) atoms. The summed E-state index contributed by atoms with van der Waals surface area (Å²) in [5.74, 6) is 1.70. The van der Waals surface area contributed by atoms with Crippen LogP contribution in [0, 0.1) is 5.92 Å². The fraction of sp³-hybridized carbons (Fsp3) is 0.600. The molecule has 0 radical (unpaired) electrons. The molecule has 0 aliphatic carbocycles. The number of ether oxygens (including phenoxy) is 1. The minimum Gasteiger partial charge on any atom is -0.494 e. The molecule has 0 saturated carbocycles. The van der Waals surface area contributed by atoms with Crippen LogP contribution in [-0.2, 0) is 0 Å². The highest BCUT2D eigenvalue weighted by atomic mass is 16.5. The predicted octanol–water partition coefficient (Wildman–Crippen LogP) is 3.91. The number of nitrogens with two attached hydrogens (primary N) is 1. The van der Waals surface area contributed by atoms with E-state index in [1.54, 1.807) is 0 Å². The zero-order valence-electron chi connectivity index (χ0n) is 11.3. The summed E-state index contributed by atoms with van der Waals surface area (Å²) in [6.45, 7) is 7.38. The average molecular weight is 235 g/mol. The summed E-state index contributed by atoms with van der Waals surface area (Å²) in [4.78, 5) is 0. The zero-order valence-corrected chi connectivity index (χ0v) is 11.3. The highest BCUT2D eigenvalue weighted by molar-refractivity contribution is 5.28. The Kier molecular flexibility index (Phi) is 6.06. The van der Waals surface area contributed by atoms with Gasteiger partial charge in [-0.15, -0.1) is 0 Å². The fourth-order valence-corrected chi connectivity index (χ4v) is 1.73. The first-order chi connectivity index (χ1) is 8.13. The molecule has 0 aromatic heterocycles. The van der Waals surface area contributed by atoms with Gasteiger partial charge >= 0.3 is 0 Å². The molecule has 1 aromatic carbocycles. The van der Waals surface area contributed by atoms with Gasteiger partial charge in [0.15, 0.2) is 0 Å². The smallest absolute Gasteiger partial charge is 0.119 e. The van der Waals surface area contributed by atoms with Crippen LogP contribution >= 0.6 is 0 Å². The Bertz CT molecular complexity index is 305. The molecule has 0 saturated heterocycles. The van der Waals surface area contributed by atoms with Gasteiger partial charge in [0.25, 0.3) is 0 Å². The van der Waals surface area contributed by atoms with Crippen LogP contribution in [0.2, 0.25) is 0 Å². The van der Waals surface area contributed by atoms with Gasteiger partial charge in [0.2, 0.25) is 0 Å². The van der Waals surface area contributed by atoms with Gasteiger partial charge < -0.3 is 10.5 Å². The second kappa shape index (κ2) is 7.33. The molecule has 96 valence electrons. The van der Waals surface area contributed by atoms with E-state index in [0.717, 1.165) is 31.1 Å². The van der Waals surface area contributed by atoms with Crippen molar-refractivity contribution in [1.82, 2.24) is 0 Å². The second-order valence-electron chi connectivity index (χ2n) is 4.97. The largest absolute Gasteiger partial charge is 0.494 e. The number of hydrogen-bond acceptors (Lipinski definition) is 2. The third-order valence-corrected chi connectivity index (χ3v) is 2.94. The predicted molar refractivity (Wildman–Crippen MR) is 73.2 cm³/mol. The molecular formula is C15H25NO. The summed E-state index contributed by atoms with van der Waals surface area (Å²) in [5, 5.41) is 0. The lowest BCUT2D eigenvalue weighted by Gasteiger charge is -2.11. The van der Waals surface area contributed by atoms with Crippen LogP contribution in [-0.4, -0.2) is 6.61 Å². The van der Waals surface area contributed by atoms with Crippen LogP contribution in [0.5, 0.6) is 5.75 Å². The molecule has 0 heterocycles. The van der Waals surface area contributed by atoms with E-state index in [2.05, 4.69) is 32.9 Å². The minimum atomic E-state index is 0.144. The van der Waals surface area contributed by atoms with Gasteiger partial charge in [-0.2, -0.15) is 0 Å². The van der Waals surface area contributed by atoms with Crippen molar-refractivity contribution >= 4 is 0 Å². The molecule has 0 unspecified atom stereocenters. The number of benzene rings is 1. The van der Waals surface area contributed by atoms with Gasteiger partial charge in [-0.3, -0.25) is 0 Å². The molecule has 2 heteroatoms. The summed E-state index contributed by atoms with van der Waals surface area (Å²) in [7, 11) is 0.